The summed E-state index contributed by atoms with van der Waals surface area (Å²) in [5, 5.41) is 10.0. The summed E-state index contributed by atoms with van der Waals surface area (Å²) in [6, 6.07) is 1.79. The van der Waals surface area contributed by atoms with Crippen LogP contribution in [0.4, 0.5) is 5.95 Å². The van der Waals surface area contributed by atoms with E-state index in [2.05, 4.69) is 9.97 Å². The predicted molar refractivity (Wildman–Crippen MR) is 65.5 cm³/mol. The molecule has 1 fully saturated rings. The van der Waals surface area contributed by atoms with Gasteiger partial charge in [-0.1, -0.05) is 0 Å². The van der Waals surface area contributed by atoms with E-state index in [-0.39, 0.29) is 0 Å². The zero-order valence-electron chi connectivity index (χ0n) is 9.87. The molecule has 0 saturated carbocycles. The molecule has 2 heterocycles. The first-order valence-electron chi connectivity index (χ1n) is 5.95. The first-order chi connectivity index (χ1) is 8.31. The van der Waals surface area contributed by atoms with Gasteiger partial charge in [0.1, 0.15) is 6.23 Å². The minimum atomic E-state index is -0.459. The van der Waals surface area contributed by atoms with Crippen molar-refractivity contribution in [2.45, 2.75) is 12.6 Å². The highest BCUT2D eigenvalue weighted by Crippen LogP contribution is 2.13. The Morgan fingerprint density at radius 3 is 2.76 bits per heavy atom. The third-order valence-corrected chi connectivity index (χ3v) is 2.95. The lowest BCUT2D eigenvalue weighted by atomic mass is 10.2. The van der Waals surface area contributed by atoms with Crippen molar-refractivity contribution in [3.8, 4) is 0 Å². The van der Waals surface area contributed by atoms with Gasteiger partial charge in [-0.05, 0) is 19.0 Å². The molecular formula is C11H19N5O. The number of hydrogen-bond acceptors (Lipinski definition) is 6. The van der Waals surface area contributed by atoms with Gasteiger partial charge in [-0.3, -0.25) is 4.90 Å². The first kappa shape index (κ1) is 12.2. The highest BCUT2D eigenvalue weighted by Gasteiger charge is 2.25. The van der Waals surface area contributed by atoms with Crippen molar-refractivity contribution in [2.75, 3.05) is 37.6 Å². The molecule has 1 saturated heterocycles. The van der Waals surface area contributed by atoms with E-state index in [1.807, 2.05) is 9.80 Å². The van der Waals surface area contributed by atoms with Gasteiger partial charge < -0.3 is 15.7 Å². The van der Waals surface area contributed by atoms with Crippen LogP contribution in [0, 0.1) is 0 Å². The summed E-state index contributed by atoms with van der Waals surface area (Å²) in [6.07, 6.45) is 3.89. The van der Waals surface area contributed by atoms with Gasteiger partial charge in [-0.2, -0.15) is 0 Å². The maximum absolute atomic E-state index is 10.0. The Balaban J connectivity index is 1.91. The Labute approximate surface area is 101 Å². The third-order valence-electron chi connectivity index (χ3n) is 2.95. The Hall–Kier alpha value is -1.24. The van der Waals surface area contributed by atoms with Gasteiger partial charge in [0.05, 0.1) is 6.54 Å². The average molecular weight is 237 g/mol. The van der Waals surface area contributed by atoms with E-state index in [0.717, 1.165) is 26.1 Å². The standard InChI is InChI=1S/C11H19N5O/c12-3-1-6-15-7-8-16(9-10(15)17)11-13-4-2-5-14-11/h2,4-5,10,17H,1,3,6-9,12H2. The fourth-order valence-corrected chi connectivity index (χ4v) is 1.99. The molecule has 17 heavy (non-hydrogen) atoms. The number of piperazine rings is 1. The lowest BCUT2D eigenvalue weighted by Gasteiger charge is -2.38. The number of anilines is 1. The number of aliphatic hydroxyl groups is 1. The topological polar surface area (TPSA) is 78.5 Å². The van der Waals surface area contributed by atoms with Gasteiger partial charge in [-0.25, -0.2) is 9.97 Å². The lowest BCUT2D eigenvalue weighted by Crippen LogP contribution is -2.54. The van der Waals surface area contributed by atoms with Gasteiger partial charge in [0, 0.05) is 32.0 Å². The van der Waals surface area contributed by atoms with Crippen molar-refractivity contribution in [3.63, 3.8) is 0 Å². The quantitative estimate of drug-likeness (QED) is 0.718. The fourth-order valence-electron chi connectivity index (χ4n) is 1.99. The molecule has 94 valence electrons. The number of aromatic nitrogens is 2. The molecule has 6 nitrogen and oxygen atoms in total. The second-order valence-electron chi connectivity index (χ2n) is 4.15. The van der Waals surface area contributed by atoms with E-state index in [1.54, 1.807) is 18.5 Å². The number of nitrogens with two attached hydrogens (primary N) is 1. The van der Waals surface area contributed by atoms with Crippen LogP contribution in [0.3, 0.4) is 0 Å². The van der Waals surface area contributed by atoms with Crippen LogP contribution in [0.15, 0.2) is 18.5 Å². The van der Waals surface area contributed by atoms with Crippen molar-refractivity contribution in [1.82, 2.24) is 14.9 Å². The van der Waals surface area contributed by atoms with E-state index >= 15 is 0 Å². The van der Waals surface area contributed by atoms with E-state index in [1.165, 1.54) is 0 Å². The highest BCUT2D eigenvalue weighted by molar-refractivity contribution is 5.29. The summed E-state index contributed by atoms with van der Waals surface area (Å²) in [6.45, 7) is 3.72. The molecule has 3 N–H and O–H groups in total. The summed E-state index contributed by atoms with van der Waals surface area (Å²) >= 11 is 0. The lowest BCUT2D eigenvalue weighted by molar-refractivity contribution is -0.00394. The molecule has 6 heteroatoms. The Bertz CT molecular complexity index is 334. The van der Waals surface area contributed by atoms with E-state index < -0.39 is 6.23 Å². The Morgan fingerprint density at radius 2 is 2.12 bits per heavy atom. The summed E-state index contributed by atoms with van der Waals surface area (Å²) in [5.41, 5.74) is 5.47. The monoisotopic (exact) mass is 237 g/mol. The Morgan fingerprint density at radius 1 is 1.35 bits per heavy atom. The molecule has 0 spiro atoms. The first-order valence-corrected chi connectivity index (χ1v) is 5.95. The molecule has 1 aromatic heterocycles. The molecule has 1 aliphatic rings. The number of nitrogens with zero attached hydrogens (tertiary/aromatic N) is 4. The molecule has 0 aromatic carbocycles. The van der Waals surface area contributed by atoms with E-state index in [4.69, 9.17) is 5.73 Å². The van der Waals surface area contributed by atoms with Crippen molar-refractivity contribution < 1.29 is 5.11 Å². The molecule has 0 aliphatic carbocycles. The van der Waals surface area contributed by atoms with Gasteiger partial charge in [0.25, 0.3) is 0 Å². The molecule has 1 unspecified atom stereocenters. The number of aliphatic hydroxyl groups excluding tert-OH is 1. The summed E-state index contributed by atoms with van der Waals surface area (Å²) in [5.74, 6) is 0.685. The van der Waals surface area contributed by atoms with Gasteiger partial charge in [-0.15, -0.1) is 0 Å². The molecular weight excluding hydrogens is 218 g/mol. The SMILES string of the molecule is NCCCN1CCN(c2ncccn2)CC1O. The minimum absolute atomic E-state index is 0.459. The molecule has 1 aromatic rings. The van der Waals surface area contributed by atoms with E-state index in [0.29, 0.717) is 19.0 Å². The minimum Gasteiger partial charge on any atom is -0.376 e. The molecule has 0 amide bonds. The van der Waals surface area contributed by atoms with Crippen LogP contribution in [0.25, 0.3) is 0 Å². The van der Waals surface area contributed by atoms with Crippen LogP contribution in [-0.2, 0) is 0 Å². The van der Waals surface area contributed by atoms with Crippen molar-refractivity contribution >= 4 is 5.95 Å². The predicted octanol–water partition coefficient (Wildman–Crippen LogP) is -0.734. The maximum Gasteiger partial charge on any atom is 0.225 e. The Kier molecular flexibility index (Phi) is 4.24. The number of β-amino-alcohol motifs (C(OH)–C–C–N with tert-alkyl or cyclic N) is 1. The average Bonchev–Trinajstić information content (AvgIpc) is 2.38. The van der Waals surface area contributed by atoms with Crippen LogP contribution < -0.4 is 10.6 Å². The van der Waals surface area contributed by atoms with Crippen molar-refractivity contribution in [2.24, 2.45) is 5.73 Å². The molecule has 2 rings (SSSR count). The highest BCUT2D eigenvalue weighted by atomic mass is 16.3. The maximum atomic E-state index is 10.0. The summed E-state index contributed by atoms with van der Waals surface area (Å²) < 4.78 is 0. The van der Waals surface area contributed by atoms with E-state index in [9.17, 15) is 5.11 Å². The normalized spacial score (nSPS) is 21.8. The van der Waals surface area contributed by atoms with Crippen LogP contribution in [0.5, 0.6) is 0 Å². The second-order valence-corrected chi connectivity index (χ2v) is 4.15. The zero-order chi connectivity index (χ0) is 12.1. The molecule has 0 bridgehead atoms. The summed E-state index contributed by atoms with van der Waals surface area (Å²) in [7, 11) is 0. The second kappa shape index (κ2) is 5.90. The zero-order valence-corrected chi connectivity index (χ0v) is 9.87. The number of hydrogen-bond donors (Lipinski definition) is 2. The van der Waals surface area contributed by atoms with Crippen LogP contribution in [0.2, 0.25) is 0 Å². The summed E-state index contributed by atoms with van der Waals surface area (Å²) in [4.78, 5) is 12.4. The largest absolute Gasteiger partial charge is 0.376 e. The van der Waals surface area contributed by atoms with Crippen LogP contribution >= 0.6 is 0 Å². The number of rotatable bonds is 4. The van der Waals surface area contributed by atoms with Crippen molar-refractivity contribution in [3.05, 3.63) is 18.5 Å². The van der Waals surface area contributed by atoms with Crippen LogP contribution in [0.1, 0.15) is 6.42 Å². The molecule has 1 atom stereocenters. The molecule has 0 radical (unpaired) electrons. The van der Waals surface area contributed by atoms with Gasteiger partial charge in [0.2, 0.25) is 5.95 Å². The third kappa shape index (κ3) is 3.12. The smallest absolute Gasteiger partial charge is 0.225 e. The molecule has 1 aliphatic heterocycles. The van der Waals surface area contributed by atoms with Crippen molar-refractivity contribution in [1.29, 1.82) is 0 Å². The fraction of sp³-hybridized carbons (Fsp3) is 0.636. The van der Waals surface area contributed by atoms with Crippen LogP contribution in [-0.4, -0.2) is 58.9 Å². The van der Waals surface area contributed by atoms with Gasteiger partial charge in [0.15, 0.2) is 0 Å². The van der Waals surface area contributed by atoms with Gasteiger partial charge >= 0.3 is 0 Å².